The predicted molar refractivity (Wildman–Crippen MR) is 75.2 cm³/mol. The molecule has 4 N–H and O–H groups in total. The number of carbonyl (C=O) groups excluding carboxylic acids is 1. The Morgan fingerprint density at radius 3 is 2.90 bits per heavy atom. The first-order valence-electron chi connectivity index (χ1n) is 6.67. The van der Waals surface area contributed by atoms with Crippen molar-refractivity contribution in [2.45, 2.75) is 12.8 Å². The molecule has 1 rings (SSSR count). The Morgan fingerprint density at radius 2 is 2.25 bits per heavy atom. The van der Waals surface area contributed by atoms with E-state index in [0.29, 0.717) is 19.7 Å². The molecule has 1 saturated heterocycles. The van der Waals surface area contributed by atoms with E-state index in [1.54, 1.807) is 12.0 Å². The van der Waals surface area contributed by atoms with E-state index in [0.717, 1.165) is 19.4 Å². The molecule has 1 heterocycles. The number of nitrogens with one attached hydrogen (secondary N) is 2. The normalized spacial score (nSPS) is 20.1. The Balaban J connectivity index is 2.30. The van der Waals surface area contributed by atoms with E-state index in [2.05, 4.69) is 10.0 Å². The highest BCUT2D eigenvalue weighted by Crippen LogP contribution is 2.15. The van der Waals surface area contributed by atoms with E-state index < -0.39 is 10.2 Å². The number of piperidine rings is 1. The molecule has 1 unspecified atom stereocenters. The number of carbonyl (C=O) groups is 1. The van der Waals surface area contributed by atoms with Crippen LogP contribution >= 0.6 is 0 Å². The van der Waals surface area contributed by atoms with Gasteiger partial charge in [-0.2, -0.15) is 8.42 Å². The molecule has 0 aromatic rings. The zero-order valence-corrected chi connectivity index (χ0v) is 12.6. The Bertz CT molecular complexity index is 401. The van der Waals surface area contributed by atoms with Crippen molar-refractivity contribution in [3.8, 4) is 0 Å². The number of hydrogen-bond donors (Lipinski definition) is 3. The minimum atomic E-state index is -3.66. The number of hydrogen-bond acceptors (Lipinski definition) is 5. The van der Waals surface area contributed by atoms with Gasteiger partial charge in [-0.05, 0) is 18.8 Å². The van der Waals surface area contributed by atoms with Crippen LogP contribution in [0.4, 0.5) is 0 Å². The SMILES string of the molecule is COCCNCC(=O)N1CCCC(CNS(N)(=O)=O)C1. The van der Waals surface area contributed by atoms with Gasteiger partial charge in [0.1, 0.15) is 0 Å². The molecule has 118 valence electrons. The Labute approximate surface area is 120 Å². The van der Waals surface area contributed by atoms with Crippen LogP contribution in [-0.2, 0) is 19.7 Å². The van der Waals surface area contributed by atoms with Crippen molar-refractivity contribution in [3.63, 3.8) is 0 Å². The van der Waals surface area contributed by atoms with Gasteiger partial charge in [-0.1, -0.05) is 0 Å². The van der Waals surface area contributed by atoms with Gasteiger partial charge in [-0.15, -0.1) is 0 Å². The summed E-state index contributed by atoms with van der Waals surface area (Å²) in [7, 11) is -2.05. The van der Waals surface area contributed by atoms with Gasteiger partial charge in [0.15, 0.2) is 0 Å². The van der Waals surface area contributed by atoms with Gasteiger partial charge in [-0.3, -0.25) is 4.79 Å². The number of amides is 1. The highest BCUT2D eigenvalue weighted by atomic mass is 32.2. The average Bonchev–Trinajstić information content (AvgIpc) is 2.41. The summed E-state index contributed by atoms with van der Waals surface area (Å²) >= 11 is 0. The summed E-state index contributed by atoms with van der Waals surface area (Å²) in [6.45, 7) is 3.03. The van der Waals surface area contributed by atoms with Crippen LogP contribution in [0, 0.1) is 5.92 Å². The van der Waals surface area contributed by atoms with Gasteiger partial charge in [0.25, 0.3) is 10.2 Å². The third-order valence-electron chi connectivity index (χ3n) is 3.20. The molecule has 1 amide bonds. The highest BCUT2D eigenvalue weighted by Gasteiger charge is 2.23. The largest absolute Gasteiger partial charge is 0.383 e. The minimum absolute atomic E-state index is 0.0291. The average molecular weight is 308 g/mol. The van der Waals surface area contributed by atoms with E-state index in [1.165, 1.54) is 0 Å². The van der Waals surface area contributed by atoms with Crippen LogP contribution in [0.15, 0.2) is 0 Å². The van der Waals surface area contributed by atoms with Gasteiger partial charge >= 0.3 is 0 Å². The lowest BCUT2D eigenvalue weighted by atomic mass is 9.98. The monoisotopic (exact) mass is 308 g/mol. The predicted octanol–water partition coefficient (Wildman–Crippen LogP) is -1.75. The summed E-state index contributed by atoms with van der Waals surface area (Å²) in [5.74, 6) is 0.145. The molecule has 0 aromatic heterocycles. The van der Waals surface area contributed by atoms with Gasteiger partial charge in [0.05, 0.1) is 13.2 Å². The first-order valence-corrected chi connectivity index (χ1v) is 8.22. The summed E-state index contributed by atoms with van der Waals surface area (Å²) < 4.78 is 28.9. The lowest BCUT2D eigenvalue weighted by molar-refractivity contribution is -0.132. The van der Waals surface area contributed by atoms with Crippen LogP contribution in [0.5, 0.6) is 0 Å². The van der Waals surface area contributed by atoms with E-state index in [9.17, 15) is 13.2 Å². The molecule has 0 bridgehead atoms. The van der Waals surface area contributed by atoms with Gasteiger partial charge in [-0.25, -0.2) is 9.86 Å². The molecule has 1 aliphatic rings. The molecule has 0 radical (unpaired) electrons. The second kappa shape index (κ2) is 8.53. The fourth-order valence-electron chi connectivity index (χ4n) is 2.17. The molecule has 20 heavy (non-hydrogen) atoms. The van der Waals surface area contributed by atoms with Gasteiger partial charge < -0.3 is 15.0 Å². The molecule has 8 nitrogen and oxygen atoms in total. The third kappa shape index (κ3) is 7.15. The smallest absolute Gasteiger partial charge is 0.274 e. The minimum Gasteiger partial charge on any atom is -0.383 e. The van der Waals surface area contributed by atoms with Crippen LogP contribution in [0.2, 0.25) is 0 Å². The second-order valence-corrected chi connectivity index (χ2v) is 6.29. The highest BCUT2D eigenvalue weighted by molar-refractivity contribution is 7.87. The molecule has 1 atom stereocenters. The van der Waals surface area contributed by atoms with Crippen LogP contribution in [0.25, 0.3) is 0 Å². The molecule has 0 saturated carbocycles. The fraction of sp³-hybridized carbons (Fsp3) is 0.909. The van der Waals surface area contributed by atoms with Crippen LogP contribution < -0.4 is 15.2 Å². The first-order chi connectivity index (χ1) is 9.42. The van der Waals surface area contributed by atoms with Gasteiger partial charge in [0.2, 0.25) is 5.91 Å². The summed E-state index contributed by atoms with van der Waals surface area (Å²) in [4.78, 5) is 13.7. The Hall–Kier alpha value is -0.740. The van der Waals surface area contributed by atoms with E-state index in [1.807, 2.05) is 0 Å². The topological polar surface area (TPSA) is 114 Å². The van der Waals surface area contributed by atoms with Gasteiger partial charge in [0, 0.05) is 33.3 Å². The Kier molecular flexibility index (Phi) is 7.38. The zero-order valence-electron chi connectivity index (χ0n) is 11.8. The lowest BCUT2D eigenvalue weighted by Gasteiger charge is -2.32. The third-order valence-corrected chi connectivity index (χ3v) is 3.77. The maximum atomic E-state index is 12.0. The summed E-state index contributed by atoms with van der Waals surface area (Å²) in [5.41, 5.74) is 0. The molecular weight excluding hydrogens is 284 g/mol. The molecule has 0 aliphatic carbocycles. The van der Waals surface area contributed by atoms with Crippen molar-refractivity contribution in [3.05, 3.63) is 0 Å². The fourth-order valence-corrected chi connectivity index (χ4v) is 2.64. The standard InChI is InChI=1S/C11H24N4O4S/c1-19-6-4-13-8-11(16)15-5-2-3-10(9-15)7-14-20(12,17)18/h10,13-14H,2-9H2,1H3,(H2,12,17,18). The number of nitrogens with two attached hydrogens (primary N) is 1. The number of rotatable bonds is 8. The van der Waals surface area contributed by atoms with Crippen molar-refractivity contribution in [1.29, 1.82) is 0 Å². The maximum absolute atomic E-state index is 12.0. The maximum Gasteiger partial charge on any atom is 0.274 e. The summed E-state index contributed by atoms with van der Waals surface area (Å²) in [6.07, 6.45) is 1.77. The molecule has 0 aromatic carbocycles. The van der Waals surface area contributed by atoms with Crippen molar-refractivity contribution < 1.29 is 17.9 Å². The van der Waals surface area contributed by atoms with Crippen molar-refractivity contribution in [2.24, 2.45) is 11.1 Å². The molecule has 0 spiro atoms. The van der Waals surface area contributed by atoms with Crippen molar-refractivity contribution in [1.82, 2.24) is 14.9 Å². The number of nitrogens with zero attached hydrogens (tertiary/aromatic N) is 1. The second-order valence-electron chi connectivity index (χ2n) is 4.91. The Morgan fingerprint density at radius 1 is 1.50 bits per heavy atom. The van der Waals surface area contributed by atoms with Crippen LogP contribution in [0.3, 0.4) is 0 Å². The zero-order chi connectivity index (χ0) is 15.0. The summed E-state index contributed by atoms with van der Waals surface area (Å²) in [5, 5.41) is 7.91. The number of likely N-dealkylation sites (tertiary alicyclic amines) is 1. The quantitative estimate of drug-likeness (QED) is 0.460. The summed E-state index contributed by atoms with van der Waals surface area (Å²) in [6, 6.07) is 0. The molecule has 1 aliphatic heterocycles. The number of methoxy groups -OCH3 is 1. The molecule has 9 heteroatoms. The van der Waals surface area contributed by atoms with Crippen molar-refractivity contribution in [2.75, 3.05) is 46.4 Å². The molecular formula is C11H24N4O4S. The molecule has 1 fully saturated rings. The van der Waals surface area contributed by atoms with Crippen LogP contribution in [-0.4, -0.2) is 65.7 Å². The number of ether oxygens (including phenoxy) is 1. The first kappa shape index (κ1) is 17.3. The van der Waals surface area contributed by atoms with Crippen LogP contribution in [0.1, 0.15) is 12.8 Å². The lowest BCUT2D eigenvalue weighted by Crippen LogP contribution is -2.47. The van der Waals surface area contributed by atoms with E-state index in [4.69, 9.17) is 9.88 Å². The van der Waals surface area contributed by atoms with Crippen molar-refractivity contribution >= 4 is 16.1 Å². The van der Waals surface area contributed by atoms with E-state index >= 15 is 0 Å². The van der Waals surface area contributed by atoms with E-state index in [-0.39, 0.29) is 24.9 Å².